The molecule has 3 saturated carbocycles. The van der Waals surface area contributed by atoms with Gasteiger partial charge < -0.3 is 5.11 Å². The van der Waals surface area contributed by atoms with Crippen molar-refractivity contribution in [2.45, 2.75) is 69.8 Å². The molecule has 0 radical (unpaired) electrons. The fraction of sp³-hybridized carbons (Fsp3) is 1.00. The minimum atomic E-state index is -0.239. The first-order chi connectivity index (χ1) is 7.28. The third-order valence-corrected chi connectivity index (χ3v) is 5.44. The van der Waals surface area contributed by atoms with Gasteiger partial charge in [0.1, 0.15) is 0 Å². The van der Waals surface area contributed by atoms with Crippen molar-refractivity contribution in [2.75, 3.05) is 0 Å². The molecule has 0 heterocycles. The standard InChI is InChI=1S/C14H24O/c15-14-8-4-3-7-13(14)9-11-5-1-2-6-12(11)10-14/h11-13,15H,1-10H2. The van der Waals surface area contributed by atoms with Crippen LogP contribution in [-0.2, 0) is 0 Å². The van der Waals surface area contributed by atoms with Crippen molar-refractivity contribution < 1.29 is 5.11 Å². The second kappa shape index (κ2) is 3.76. The summed E-state index contributed by atoms with van der Waals surface area (Å²) in [6.45, 7) is 0. The third-order valence-electron chi connectivity index (χ3n) is 5.44. The van der Waals surface area contributed by atoms with E-state index in [1.54, 1.807) is 0 Å². The zero-order valence-corrected chi connectivity index (χ0v) is 9.75. The second-order valence-corrected chi connectivity index (χ2v) is 6.29. The Morgan fingerprint density at radius 3 is 2.47 bits per heavy atom. The Hall–Kier alpha value is -0.0400. The van der Waals surface area contributed by atoms with Crippen LogP contribution in [0.15, 0.2) is 0 Å². The lowest BCUT2D eigenvalue weighted by Gasteiger charge is -2.51. The normalized spacial score (nSPS) is 50.6. The van der Waals surface area contributed by atoms with Gasteiger partial charge in [0.25, 0.3) is 0 Å². The highest BCUT2D eigenvalue weighted by atomic mass is 16.3. The first kappa shape index (κ1) is 10.1. The van der Waals surface area contributed by atoms with Gasteiger partial charge in [-0.15, -0.1) is 0 Å². The molecule has 0 amide bonds. The second-order valence-electron chi connectivity index (χ2n) is 6.29. The Morgan fingerprint density at radius 1 is 0.867 bits per heavy atom. The van der Waals surface area contributed by atoms with Crippen LogP contribution in [0.4, 0.5) is 0 Å². The van der Waals surface area contributed by atoms with Crippen molar-refractivity contribution in [2.24, 2.45) is 17.8 Å². The predicted octanol–water partition coefficient (Wildman–Crippen LogP) is 3.51. The Labute approximate surface area is 93.3 Å². The van der Waals surface area contributed by atoms with Crippen LogP contribution >= 0.6 is 0 Å². The van der Waals surface area contributed by atoms with Crippen LogP contribution < -0.4 is 0 Å². The monoisotopic (exact) mass is 208 g/mol. The van der Waals surface area contributed by atoms with Crippen molar-refractivity contribution in [3.8, 4) is 0 Å². The van der Waals surface area contributed by atoms with Crippen LogP contribution in [0.2, 0.25) is 0 Å². The molecular weight excluding hydrogens is 184 g/mol. The first-order valence-electron chi connectivity index (χ1n) is 7.00. The van der Waals surface area contributed by atoms with Gasteiger partial charge in [-0.05, 0) is 43.4 Å². The molecule has 4 atom stereocenters. The van der Waals surface area contributed by atoms with Crippen LogP contribution in [0.3, 0.4) is 0 Å². The van der Waals surface area contributed by atoms with Crippen LogP contribution in [0.1, 0.15) is 64.2 Å². The molecule has 0 aliphatic heterocycles. The number of fused-ring (bicyclic) bond motifs is 2. The van der Waals surface area contributed by atoms with E-state index < -0.39 is 0 Å². The lowest BCUT2D eigenvalue weighted by molar-refractivity contribution is -0.114. The Balaban J connectivity index is 1.76. The van der Waals surface area contributed by atoms with Crippen LogP contribution in [0.25, 0.3) is 0 Å². The van der Waals surface area contributed by atoms with Gasteiger partial charge in [0.05, 0.1) is 5.60 Å². The maximum atomic E-state index is 10.7. The largest absolute Gasteiger partial charge is 0.390 e. The topological polar surface area (TPSA) is 20.2 Å². The van der Waals surface area contributed by atoms with Crippen molar-refractivity contribution in [1.29, 1.82) is 0 Å². The van der Waals surface area contributed by atoms with Gasteiger partial charge in [-0.25, -0.2) is 0 Å². The van der Waals surface area contributed by atoms with E-state index in [1.807, 2.05) is 0 Å². The smallest absolute Gasteiger partial charge is 0.0678 e. The van der Waals surface area contributed by atoms with Gasteiger partial charge >= 0.3 is 0 Å². The van der Waals surface area contributed by atoms with Gasteiger partial charge in [-0.3, -0.25) is 0 Å². The number of hydrogen-bond acceptors (Lipinski definition) is 1. The molecule has 1 nitrogen and oxygen atoms in total. The highest BCUT2D eigenvalue weighted by molar-refractivity contribution is 4.99. The fourth-order valence-corrected chi connectivity index (χ4v) is 4.58. The van der Waals surface area contributed by atoms with E-state index in [1.165, 1.54) is 51.4 Å². The molecule has 0 saturated heterocycles. The maximum Gasteiger partial charge on any atom is 0.0678 e. The van der Waals surface area contributed by atoms with Crippen molar-refractivity contribution in [1.82, 2.24) is 0 Å². The minimum absolute atomic E-state index is 0.239. The summed E-state index contributed by atoms with van der Waals surface area (Å²) in [7, 11) is 0. The zero-order chi connectivity index (χ0) is 10.3. The van der Waals surface area contributed by atoms with Gasteiger partial charge in [-0.2, -0.15) is 0 Å². The van der Waals surface area contributed by atoms with E-state index in [9.17, 15) is 5.11 Å². The van der Waals surface area contributed by atoms with E-state index in [2.05, 4.69) is 0 Å². The zero-order valence-electron chi connectivity index (χ0n) is 9.75. The Bertz CT molecular complexity index is 237. The molecule has 1 N–H and O–H groups in total. The molecule has 0 aromatic rings. The average Bonchev–Trinajstić information content (AvgIpc) is 2.25. The molecule has 0 spiro atoms. The molecular formula is C14H24O. The van der Waals surface area contributed by atoms with Crippen molar-refractivity contribution in [3.63, 3.8) is 0 Å². The fourth-order valence-electron chi connectivity index (χ4n) is 4.58. The van der Waals surface area contributed by atoms with E-state index in [0.717, 1.165) is 24.7 Å². The molecule has 4 unspecified atom stereocenters. The number of rotatable bonds is 0. The number of aliphatic hydroxyl groups is 1. The first-order valence-corrected chi connectivity index (χ1v) is 7.00. The Morgan fingerprint density at radius 2 is 1.60 bits per heavy atom. The van der Waals surface area contributed by atoms with Crippen molar-refractivity contribution in [3.05, 3.63) is 0 Å². The van der Waals surface area contributed by atoms with E-state index in [4.69, 9.17) is 0 Å². The lowest BCUT2D eigenvalue weighted by Crippen LogP contribution is -2.49. The van der Waals surface area contributed by atoms with E-state index in [-0.39, 0.29) is 5.60 Å². The van der Waals surface area contributed by atoms with Gasteiger partial charge in [0, 0.05) is 0 Å². The predicted molar refractivity (Wildman–Crippen MR) is 61.6 cm³/mol. The SMILES string of the molecule is OC12CCCCC1CC1CCCCC1C2. The molecule has 3 aliphatic carbocycles. The van der Waals surface area contributed by atoms with Gasteiger partial charge in [-0.1, -0.05) is 38.5 Å². The molecule has 15 heavy (non-hydrogen) atoms. The molecule has 86 valence electrons. The molecule has 0 aromatic carbocycles. The maximum absolute atomic E-state index is 10.7. The summed E-state index contributed by atoms with van der Waals surface area (Å²) in [5.41, 5.74) is -0.239. The molecule has 1 heteroatoms. The summed E-state index contributed by atoms with van der Waals surface area (Å²) in [5.74, 6) is 2.51. The highest BCUT2D eigenvalue weighted by Gasteiger charge is 2.47. The van der Waals surface area contributed by atoms with Crippen LogP contribution in [-0.4, -0.2) is 10.7 Å². The summed E-state index contributed by atoms with van der Waals surface area (Å²) >= 11 is 0. The minimum Gasteiger partial charge on any atom is -0.390 e. The summed E-state index contributed by atoms with van der Waals surface area (Å²) < 4.78 is 0. The molecule has 3 fully saturated rings. The summed E-state index contributed by atoms with van der Waals surface area (Å²) in [6, 6.07) is 0. The van der Waals surface area contributed by atoms with E-state index in [0.29, 0.717) is 5.92 Å². The van der Waals surface area contributed by atoms with E-state index >= 15 is 0 Å². The number of hydrogen-bond donors (Lipinski definition) is 1. The summed E-state index contributed by atoms with van der Waals surface area (Å²) in [6.07, 6.45) is 13.3. The molecule has 0 bridgehead atoms. The summed E-state index contributed by atoms with van der Waals surface area (Å²) in [4.78, 5) is 0. The average molecular weight is 208 g/mol. The summed E-state index contributed by atoms with van der Waals surface area (Å²) in [5, 5.41) is 10.7. The third kappa shape index (κ3) is 1.73. The van der Waals surface area contributed by atoms with Crippen LogP contribution in [0.5, 0.6) is 0 Å². The highest BCUT2D eigenvalue weighted by Crippen LogP contribution is 2.51. The molecule has 0 aromatic heterocycles. The lowest BCUT2D eigenvalue weighted by atomic mass is 9.58. The van der Waals surface area contributed by atoms with Gasteiger partial charge in [0.15, 0.2) is 0 Å². The Kier molecular flexibility index (Phi) is 2.54. The quantitative estimate of drug-likeness (QED) is 0.646. The van der Waals surface area contributed by atoms with Crippen LogP contribution in [0, 0.1) is 17.8 Å². The van der Waals surface area contributed by atoms with Gasteiger partial charge in [0.2, 0.25) is 0 Å². The van der Waals surface area contributed by atoms with Crippen molar-refractivity contribution >= 4 is 0 Å². The molecule has 3 aliphatic rings. The molecule has 3 rings (SSSR count).